The summed E-state index contributed by atoms with van der Waals surface area (Å²) in [6.45, 7) is 4.75. The van der Waals surface area contributed by atoms with Crippen LogP contribution in [0.1, 0.15) is 46.0 Å². The Hall–Kier alpha value is -0.570. The lowest BCUT2D eigenvalue weighted by Gasteiger charge is -2.25. The summed E-state index contributed by atoms with van der Waals surface area (Å²) in [4.78, 5) is 11.9. The maximum absolute atomic E-state index is 11.9. The summed E-state index contributed by atoms with van der Waals surface area (Å²) in [6.07, 6.45) is 5.83. The predicted octanol–water partition coefficient (Wildman–Crippen LogP) is 1.67. The molecule has 1 aliphatic rings. The van der Waals surface area contributed by atoms with Gasteiger partial charge in [-0.2, -0.15) is 0 Å². The smallest absolute Gasteiger partial charge is 0.223 e. The van der Waals surface area contributed by atoms with Gasteiger partial charge in [-0.3, -0.25) is 4.79 Å². The molecule has 1 fully saturated rings. The Morgan fingerprint density at radius 2 is 1.93 bits per heavy atom. The van der Waals surface area contributed by atoms with Crippen LogP contribution in [0.2, 0.25) is 0 Å². The van der Waals surface area contributed by atoms with E-state index in [4.69, 9.17) is 5.73 Å². The second kappa shape index (κ2) is 6.11. The van der Waals surface area contributed by atoms with Crippen LogP contribution in [0.5, 0.6) is 0 Å². The molecule has 0 aromatic heterocycles. The molecule has 0 bridgehead atoms. The van der Waals surface area contributed by atoms with E-state index >= 15 is 0 Å². The molecule has 1 rings (SSSR count). The summed E-state index contributed by atoms with van der Waals surface area (Å²) in [5, 5.41) is 3.08. The van der Waals surface area contributed by atoms with Crippen molar-refractivity contribution in [2.45, 2.75) is 52.0 Å². The number of carbonyl (C=O) groups excluding carboxylic acids is 1. The molecule has 0 spiro atoms. The van der Waals surface area contributed by atoms with Gasteiger partial charge in [-0.1, -0.05) is 26.2 Å². The molecule has 0 radical (unpaired) electrons. The summed E-state index contributed by atoms with van der Waals surface area (Å²) in [5.41, 5.74) is 5.58. The molecule has 3 N–H and O–H groups in total. The second-order valence-electron chi connectivity index (χ2n) is 4.85. The number of rotatable bonds is 4. The van der Waals surface area contributed by atoms with E-state index in [9.17, 15) is 4.79 Å². The van der Waals surface area contributed by atoms with E-state index in [1.165, 1.54) is 19.3 Å². The van der Waals surface area contributed by atoms with Crippen LogP contribution in [0.15, 0.2) is 0 Å². The van der Waals surface area contributed by atoms with Crippen LogP contribution >= 0.6 is 0 Å². The van der Waals surface area contributed by atoms with Crippen molar-refractivity contribution in [1.29, 1.82) is 0 Å². The zero-order chi connectivity index (χ0) is 11.3. The summed E-state index contributed by atoms with van der Waals surface area (Å²) in [6, 6.07) is 0.199. The third-order valence-electron chi connectivity index (χ3n) is 3.57. The third kappa shape index (κ3) is 3.82. The molecule has 0 saturated heterocycles. The number of hydrogen-bond donors (Lipinski definition) is 2. The van der Waals surface area contributed by atoms with Crippen LogP contribution in [0.3, 0.4) is 0 Å². The van der Waals surface area contributed by atoms with Gasteiger partial charge in [0.2, 0.25) is 5.91 Å². The normalized spacial score (nSPS) is 22.1. The largest absolute Gasteiger partial charge is 0.353 e. The van der Waals surface area contributed by atoms with E-state index in [0.717, 1.165) is 12.8 Å². The van der Waals surface area contributed by atoms with Gasteiger partial charge in [-0.25, -0.2) is 0 Å². The lowest BCUT2D eigenvalue weighted by molar-refractivity contribution is -0.126. The van der Waals surface area contributed by atoms with Crippen molar-refractivity contribution in [2.75, 3.05) is 6.54 Å². The fourth-order valence-electron chi connectivity index (χ4n) is 2.05. The molecule has 88 valence electrons. The molecule has 0 heterocycles. The summed E-state index contributed by atoms with van der Waals surface area (Å²) in [5.74, 6) is 0.853. The summed E-state index contributed by atoms with van der Waals surface area (Å²) >= 11 is 0. The first-order chi connectivity index (χ1) is 7.15. The molecule has 3 heteroatoms. The Labute approximate surface area is 92.8 Å². The average Bonchev–Trinajstić information content (AvgIpc) is 2.29. The zero-order valence-corrected chi connectivity index (χ0v) is 9.96. The number of carbonyl (C=O) groups is 1. The fraction of sp³-hybridized carbons (Fsp3) is 0.917. The van der Waals surface area contributed by atoms with E-state index in [1.54, 1.807) is 0 Å². The quantitative estimate of drug-likeness (QED) is 0.744. The Balaban J connectivity index is 2.33. The van der Waals surface area contributed by atoms with Crippen LogP contribution in [0.4, 0.5) is 0 Å². The van der Waals surface area contributed by atoms with Gasteiger partial charge in [-0.05, 0) is 32.2 Å². The lowest BCUT2D eigenvalue weighted by Crippen LogP contribution is -2.43. The topological polar surface area (TPSA) is 55.1 Å². The van der Waals surface area contributed by atoms with Gasteiger partial charge in [-0.15, -0.1) is 0 Å². The molecule has 15 heavy (non-hydrogen) atoms. The molecular formula is C12H24N2O. The Morgan fingerprint density at radius 1 is 1.33 bits per heavy atom. The van der Waals surface area contributed by atoms with Gasteiger partial charge in [0.15, 0.2) is 0 Å². The number of nitrogens with two attached hydrogens (primary N) is 1. The lowest BCUT2D eigenvalue weighted by atomic mass is 9.88. The van der Waals surface area contributed by atoms with Crippen LogP contribution in [-0.2, 0) is 4.79 Å². The number of hydrogen-bond acceptors (Lipinski definition) is 2. The predicted molar refractivity (Wildman–Crippen MR) is 62.4 cm³/mol. The number of nitrogens with one attached hydrogen (secondary N) is 1. The van der Waals surface area contributed by atoms with E-state index in [-0.39, 0.29) is 17.9 Å². The second-order valence-corrected chi connectivity index (χ2v) is 4.85. The van der Waals surface area contributed by atoms with Crippen molar-refractivity contribution in [1.82, 2.24) is 5.32 Å². The van der Waals surface area contributed by atoms with Crippen LogP contribution in [0, 0.1) is 11.8 Å². The van der Waals surface area contributed by atoms with Gasteiger partial charge in [0.25, 0.3) is 0 Å². The maximum Gasteiger partial charge on any atom is 0.223 e. The Bertz CT molecular complexity index is 200. The summed E-state index contributed by atoms with van der Waals surface area (Å²) < 4.78 is 0. The van der Waals surface area contributed by atoms with E-state index in [0.29, 0.717) is 12.5 Å². The molecule has 1 aliphatic carbocycles. The molecular weight excluding hydrogens is 188 g/mol. The first-order valence-corrected chi connectivity index (χ1v) is 6.15. The van der Waals surface area contributed by atoms with Gasteiger partial charge in [0.05, 0.1) is 0 Å². The molecule has 0 aromatic rings. The molecule has 3 nitrogen and oxygen atoms in total. The molecule has 2 atom stereocenters. The standard InChI is InChI=1S/C12H24N2O/c1-9(8-13)10(2)14-12(15)11-6-4-3-5-7-11/h9-11H,3-8,13H2,1-2H3,(H,14,15). The highest BCUT2D eigenvalue weighted by molar-refractivity contribution is 5.78. The van der Waals surface area contributed by atoms with Crippen molar-refractivity contribution >= 4 is 5.91 Å². The first kappa shape index (κ1) is 12.5. The highest BCUT2D eigenvalue weighted by Crippen LogP contribution is 2.23. The van der Waals surface area contributed by atoms with Gasteiger partial charge in [0.1, 0.15) is 0 Å². The van der Waals surface area contributed by atoms with E-state index in [1.807, 2.05) is 6.92 Å². The number of amides is 1. The Morgan fingerprint density at radius 3 is 2.47 bits per heavy atom. The SMILES string of the molecule is CC(CN)C(C)NC(=O)C1CCCCC1. The molecule has 1 amide bonds. The molecule has 1 saturated carbocycles. The van der Waals surface area contributed by atoms with E-state index in [2.05, 4.69) is 12.2 Å². The average molecular weight is 212 g/mol. The third-order valence-corrected chi connectivity index (χ3v) is 3.57. The minimum absolute atomic E-state index is 0.199. The van der Waals surface area contributed by atoms with Gasteiger partial charge in [0, 0.05) is 12.0 Å². The van der Waals surface area contributed by atoms with Crippen molar-refractivity contribution in [2.24, 2.45) is 17.6 Å². The van der Waals surface area contributed by atoms with Crippen molar-refractivity contribution in [3.05, 3.63) is 0 Å². The van der Waals surface area contributed by atoms with Crippen molar-refractivity contribution in [3.8, 4) is 0 Å². The zero-order valence-electron chi connectivity index (χ0n) is 9.96. The van der Waals surface area contributed by atoms with Crippen LogP contribution in [-0.4, -0.2) is 18.5 Å². The Kier molecular flexibility index (Phi) is 5.09. The minimum atomic E-state index is 0.199. The van der Waals surface area contributed by atoms with Gasteiger partial charge >= 0.3 is 0 Å². The summed E-state index contributed by atoms with van der Waals surface area (Å²) in [7, 11) is 0. The molecule has 0 aromatic carbocycles. The minimum Gasteiger partial charge on any atom is -0.353 e. The van der Waals surface area contributed by atoms with Crippen molar-refractivity contribution in [3.63, 3.8) is 0 Å². The maximum atomic E-state index is 11.9. The van der Waals surface area contributed by atoms with Crippen LogP contribution in [0.25, 0.3) is 0 Å². The monoisotopic (exact) mass is 212 g/mol. The first-order valence-electron chi connectivity index (χ1n) is 6.15. The van der Waals surface area contributed by atoms with E-state index < -0.39 is 0 Å². The highest BCUT2D eigenvalue weighted by Gasteiger charge is 2.23. The fourth-order valence-corrected chi connectivity index (χ4v) is 2.05. The molecule has 0 aliphatic heterocycles. The highest BCUT2D eigenvalue weighted by atomic mass is 16.1. The molecule has 2 unspecified atom stereocenters. The van der Waals surface area contributed by atoms with Crippen molar-refractivity contribution < 1.29 is 4.79 Å². The van der Waals surface area contributed by atoms with Crippen LogP contribution < -0.4 is 11.1 Å². The van der Waals surface area contributed by atoms with Gasteiger partial charge < -0.3 is 11.1 Å².